The maximum atomic E-state index is 9.13. The number of rotatable bonds is 8. The van der Waals surface area contributed by atoms with Crippen LogP contribution in [0.1, 0.15) is 23.2 Å². The van der Waals surface area contributed by atoms with Crippen LogP contribution in [-0.2, 0) is 11.2 Å². The zero-order chi connectivity index (χ0) is 24.2. The van der Waals surface area contributed by atoms with Gasteiger partial charge in [-0.05, 0) is 73.9 Å². The van der Waals surface area contributed by atoms with Crippen LogP contribution in [0.2, 0.25) is 0 Å². The summed E-state index contributed by atoms with van der Waals surface area (Å²) >= 11 is 0. The Morgan fingerprint density at radius 2 is 1.97 bits per heavy atom. The molecule has 2 N–H and O–H groups in total. The topological polar surface area (TPSA) is 102 Å². The third-order valence-electron chi connectivity index (χ3n) is 5.84. The molecule has 8 heteroatoms. The van der Waals surface area contributed by atoms with Crippen molar-refractivity contribution in [3.8, 4) is 11.5 Å². The summed E-state index contributed by atoms with van der Waals surface area (Å²) < 4.78 is 11.7. The number of aryl methyl sites for hydroxylation is 2. The summed E-state index contributed by atoms with van der Waals surface area (Å²) in [6.45, 7) is 4.59. The Labute approximate surface area is 203 Å². The molecule has 4 aromatic rings. The van der Waals surface area contributed by atoms with Gasteiger partial charge in [0.25, 0.3) is 0 Å². The van der Waals surface area contributed by atoms with E-state index in [0.29, 0.717) is 31.1 Å². The molecular weight excluding hydrogens is 442 g/mol. The molecule has 0 fully saturated rings. The summed E-state index contributed by atoms with van der Waals surface area (Å²) in [5, 5.41) is 13.5. The highest BCUT2D eigenvalue weighted by atomic mass is 16.5. The number of fused-ring (bicyclic) bond motifs is 1. The molecule has 1 aliphatic rings. The number of hydrogen-bond acceptors (Lipinski definition) is 8. The highest BCUT2D eigenvalue weighted by molar-refractivity contribution is 5.92. The fourth-order valence-electron chi connectivity index (χ4n) is 3.97. The molecule has 1 aliphatic heterocycles. The molecule has 178 valence electrons. The standard InChI is InChI=1S/C27H27N5O3/c1-17-11-20(5-8-25(17)35-22-6-3-18(2)28-14-22)32-27-23-12-19(4-7-24(23)29-16-30-27)13-26-31-21(9-10-33)15-34-26/h3-8,11-12,14,16,21,33H,9-10,13,15H2,1-2H3,(H,29,30,32)/t21-/m0/s1. The highest BCUT2D eigenvalue weighted by Crippen LogP contribution is 2.30. The van der Waals surface area contributed by atoms with Gasteiger partial charge in [0.15, 0.2) is 5.90 Å². The van der Waals surface area contributed by atoms with Gasteiger partial charge in [0.2, 0.25) is 0 Å². The monoisotopic (exact) mass is 469 g/mol. The molecule has 35 heavy (non-hydrogen) atoms. The number of aromatic nitrogens is 3. The summed E-state index contributed by atoms with van der Waals surface area (Å²) in [6.07, 6.45) is 4.49. The second-order valence-electron chi connectivity index (χ2n) is 8.59. The van der Waals surface area contributed by atoms with Crippen molar-refractivity contribution < 1.29 is 14.6 Å². The number of aliphatic imine (C=N–C) groups is 1. The van der Waals surface area contributed by atoms with Crippen molar-refractivity contribution in [3.63, 3.8) is 0 Å². The fraction of sp³-hybridized carbons (Fsp3) is 0.259. The van der Waals surface area contributed by atoms with Gasteiger partial charge in [0, 0.05) is 29.8 Å². The van der Waals surface area contributed by atoms with E-state index in [1.54, 1.807) is 12.5 Å². The average Bonchev–Trinajstić information content (AvgIpc) is 3.29. The first-order chi connectivity index (χ1) is 17.1. The van der Waals surface area contributed by atoms with Crippen LogP contribution in [-0.4, -0.2) is 45.2 Å². The van der Waals surface area contributed by atoms with E-state index in [1.807, 2.05) is 56.3 Å². The van der Waals surface area contributed by atoms with Crippen LogP contribution in [0.25, 0.3) is 10.9 Å². The predicted molar refractivity (Wildman–Crippen MR) is 136 cm³/mol. The Bertz CT molecular complexity index is 1370. The number of aliphatic hydroxyl groups excluding tert-OH is 1. The van der Waals surface area contributed by atoms with Crippen molar-refractivity contribution in [2.24, 2.45) is 4.99 Å². The normalized spacial score (nSPS) is 15.1. The van der Waals surface area contributed by atoms with Crippen molar-refractivity contribution in [3.05, 3.63) is 77.9 Å². The lowest BCUT2D eigenvalue weighted by atomic mass is 10.1. The minimum absolute atomic E-state index is 0.0356. The van der Waals surface area contributed by atoms with Gasteiger partial charge in [-0.3, -0.25) is 4.98 Å². The van der Waals surface area contributed by atoms with Crippen LogP contribution in [0, 0.1) is 13.8 Å². The second-order valence-corrected chi connectivity index (χ2v) is 8.59. The zero-order valence-corrected chi connectivity index (χ0v) is 19.7. The number of anilines is 2. The van der Waals surface area contributed by atoms with Gasteiger partial charge < -0.3 is 19.9 Å². The Morgan fingerprint density at radius 1 is 1.06 bits per heavy atom. The number of nitrogens with zero attached hydrogens (tertiary/aromatic N) is 4. The summed E-state index contributed by atoms with van der Waals surface area (Å²) in [7, 11) is 0. The summed E-state index contributed by atoms with van der Waals surface area (Å²) in [6, 6.07) is 15.9. The smallest absolute Gasteiger partial charge is 0.188 e. The lowest BCUT2D eigenvalue weighted by Crippen LogP contribution is -2.08. The molecule has 0 aliphatic carbocycles. The van der Waals surface area contributed by atoms with Gasteiger partial charge in [-0.15, -0.1) is 0 Å². The molecule has 0 bridgehead atoms. The highest BCUT2D eigenvalue weighted by Gasteiger charge is 2.18. The molecular formula is C27H27N5O3. The summed E-state index contributed by atoms with van der Waals surface area (Å²) in [4.78, 5) is 17.7. The number of benzene rings is 2. The second kappa shape index (κ2) is 10.1. The molecule has 0 amide bonds. The van der Waals surface area contributed by atoms with E-state index in [0.717, 1.165) is 45.0 Å². The first-order valence-electron chi connectivity index (χ1n) is 11.6. The number of nitrogens with one attached hydrogen (secondary N) is 1. The Balaban J connectivity index is 1.35. The van der Waals surface area contributed by atoms with Crippen LogP contribution >= 0.6 is 0 Å². The minimum atomic E-state index is 0.0356. The van der Waals surface area contributed by atoms with Gasteiger partial charge in [0.05, 0.1) is 17.8 Å². The van der Waals surface area contributed by atoms with Gasteiger partial charge >= 0.3 is 0 Å². The molecule has 8 nitrogen and oxygen atoms in total. The SMILES string of the molecule is Cc1ccc(Oc2ccc(Nc3ncnc4ccc(CC5=N[C@@H](CCO)CO5)cc34)cc2C)cn1. The summed E-state index contributed by atoms with van der Waals surface area (Å²) in [5.74, 6) is 2.89. The number of ether oxygens (including phenoxy) is 2. The van der Waals surface area contributed by atoms with Crippen LogP contribution in [0.5, 0.6) is 11.5 Å². The third kappa shape index (κ3) is 5.38. The van der Waals surface area contributed by atoms with Crippen molar-refractivity contribution in [2.75, 3.05) is 18.5 Å². The average molecular weight is 470 g/mol. The molecule has 0 spiro atoms. The maximum absolute atomic E-state index is 9.13. The first kappa shape index (κ1) is 22.7. The van der Waals surface area contributed by atoms with Crippen LogP contribution in [0.4, 0.5) is 11.5 Å². The van der Waals surface area contributed by atoms with Gasteiger partial charge in [-0.1, -0.05) is 6.07 Å². The van der Waals surface area contributed by atoms with E-state index < -0.39 is 0 Å². The molecule has 0 radical (unpaired) electrons. The fourth-order valence-corrected chi connectivity index (χ4v) is 3.97. The van der Waals surface area contributed by atoms with Crippen LogP contribution < -0.4 is 10.1 Å². The number of pyridine rings is 1. The first-order valence-corrected chi connectivity index (χ1v) is 11.6. The minimum Gasteiger partial charge on any atom is -0.478 e. The largest absolute Gasteiger partial charge is 0.478 e. The zero-order valence-electron chi connectivity index (χ0n) is 19.7. The Hall–Kier alpha value is -4.04. The van der Waals surface area contributed by atoms with E-state index in [-0.39, 0.29) is 12.6 Å². The molecule has 1 atom stereocenters. The third-order valence-corrected chi connectivity index (χ3v) is 5.84. The molecule has 0 saturated heterocycles. The van der Waals surface area contributed by atoms with Gasteiger partial charge in [-0.2, -0.15) is 0 Å². The Kier molecular flexibility index (Phi) is 6.54. The number of hydrogen-bond donors (Lipinski definition) is 2. The van der Waals surface area contributed by atoms with E-state index in [1.165, 1.54) is 0 Å². The van der Waals surface area contributed by atoms with Crippen LogP contribution in [0.3, 0.4) is 0 Å². The van der Waals surface area contributed by atoms with Crippen LogP contribution in [0.15, 0.2) is 66.0 Å². The molecule has 2 aromatic carbocycles. The molecule has 0 saturated carbocycles. The van der Waals surface area contributed by atoms with Crippen molar-refractivity contribution in [1.29, 1.82) is 0 Å². The lowest BCUT2D eigenvalue weighted by Gasteiger charge is -2.13. The molecule has 3 heterocycles. The van der Waals surface area contributed by atoms with E-state index in [4.69, 9.17) is 14.6 Å². The van der Waals surface area contributed by atoms with E-state index in [9.17, 15) is 0 Å². The summed E-state index contributed by atoms with van der Waals surface area (Å²) in [5.41, 5.74) is 4.75. The Morgan fingerprint density at radius 3 is 2.77 bits per heavy atom. The molecule has 5 rings (SSSR count). The van der Waals surface area contributed by atoms with E-state index in [2.05, 4.69) is 31.3 Å². The molecule has 2 aromatic heterocycles. The van der Waals surface area contributed by atoms with Crippen molar-refractivity contribution in [2.45, 2.75) is 32.7 Å². The number of aliphatic hydroxyl groups is 1. The molecule has 0 unspecified atom stereocenters. The van der Waals surface area contributed by atoms with Gasteiger partial charge in [-0.25, -0.2) is 15.0 Å². The predicted octanol–water partition coefficient (Wildman–Crippen LogP) is 4.90. The van der Waals surface area contributed by atoms with Crippen molar-refractivity contribution in [1.82, 2.24) is 15.0 Å². The quantitative estimate of drug-likeness (QED) is 0.378. The maximum Gasteiger partial charge on any atom is 0.188 e. The van der Waals surface area contributed by atoms with Crippen molar-refractivity contribution >= 4 is 28.3 Å². The van der Waals surface area contributed by atoms with Gasteiger partial charge in [0.1, 0.15) is 30.3 Å². The van der Waals surface area contributed by atoms with E-state index >= 15 is 0 Å². The lowest BCUT2D eigenvalue weighted by molar-refractivity contribution is 0.249.